The van der Waals surface area contributed by atoms with Gasteiger partial charge in [0.25, 0.3) is 3.79 Å². The Morgan fingerprint density at radius 2 is 1.54 bits per heavy atom. The van der Waals surface area contributed by atoms with Crippen molar-refractivity contribution in [1.29, 1.82) is 0 Å². The van der Waals surface area contributed by atoms with Gasteiger partial charge >= 0.3 is 6.09 Å². The molecule has 8 heteroatoms. The molecule has 1 aromatic heterocycles. The Balaban J connectivity index is 1.28. The molecule has 2 heterocycles. The Bertz CT molecular complexity index is 1550. The number of rotatable bonds is 3. The molecule has 0 atom stereocenters. The topological polar surface area (TPSA) is 51.5 Å². The van der Waals surface area contributed by atoms with Crippen LogP contribution in [0.2, 0.25) is 0 Å². The number of benzene rings is 3. The summed E-state index contributed by atoms with van der Waals surface area (Å²) in [5.74, 6) is -0.615. The van der Waals surface area contributed by atoms with Gasteiger partial charge in [0.2, 0.25) is 5.78 Å². The van der Waals surface area contributed by atoms with Crippen LogP contribution in [0.15, 0.2) is 78.9 Å². The van der Waals surface area contributed by atoms with E-state index in [1.807, 2.05) is 48.5 Å². The highest BCUT2D eigenvalue weighted by Gasteiger charge is 2.36. The van der Waals surface area contributed by atoms with Crippen molar-refractivity contribution in [3.05, 3.63) is 113 Å². The van der Waals surface area contributed by atoms with Crippen molar-refractivity contribution in [2.45, 2.75) is 29.9 Å². The zero-order chi connectivity index (χ0) is 25.7. The number of anilines is 1. The Morgan fingerprint density at radius 3 is 2.35 bits per heavy atom. The molecule has 0 unspecified atom stereocenters. The zero-order valence-corrected chi connectivity index (χ0v) is 21.9. The molecule has 1 amide bonds. The van der Waals surface area contributed by atoms with E-state index < -0.39 is 15.7 Å². The first-order valence-corrected chi connectivity index (χ1v) is 13.0. The number of amides is 1. The largest absolute Gasteiger partial charge is 0.444 e. The van der Waals surface area contributed by atoms with Crippen molar-refractivity contribution in [2.75, 3.05) is 4.90 Å². The third kappa shape index (κ3) is 4.31. The van der Waals surface area contributed by atoms with Crippen LogP contribution >= 0.6 is 34.8 Å². The lowest BCUT2D eigenvalue weighted by molar-refractivity contribution is 0.0987. The number of Topliss-reactive ketones (excluding diaryl/α,β-unsaturated/α-hetero) is 1. The number of hydrogen-bond donors (Lipinski definition) is 0. The van der Waals surface area contributed by atoms with Crippen molar-refractivity contribution in [3.8, 4) is 11.1 Å². The number of hydrogen-bond acceptors (Lipinski definition) is 3. The number of para-hydroxylation sites is 1. The Labute approximate surface area is 229 Å². The molecule has 1 aliphatic heterocycles. The lowest BCUT2D eigenvalue weighted by atomic mass is 10.0. The highest BCUT2D eigenvalue weighted by Crippen LogP contribution is 2.39. The molecular formula is C29H21Cl3N2O3. The van der Waals surface area contributed by atoms with Gasteiger partial charge in [-0.3, -0.25) is 9.69 Å². The van der Waals surface area contributed by atoms with Crippen LogP contribution in [0.4, 0.5) is 10.5 Å². The number of halogens is 3. The summed E-state index contributed by atoms with van der Waals surface area (Å²) in [7, 11) is 0. The van der Waals surface area contributed by atoms with E-state index in [1.54, 1.807) is 21.6 Å². The molecule has 2 aliphatic rings. The second-order valence-electron chi connectivity index (χ2n) is 9.17. The third-order valence-corrected chi connectivity index (χ3v) is 7.53. The minimum atomic E-state index is -2.07. The van der Waals surface area contributed by atoms with Gasteiger partial charge in [-0.25, -0.2) is 4.79 Å². The van der Waals surface area contributed by atoms with E-state index in [0.717, 1.165) is 23.2 Å². The van der Waals surface area contributed by atoms with Crippen LogP contribution in [-0.2, 0) is 30.9 Å². The van der Waals surface area contributed by atoms with Crippen molar-refractivity contribution >= 4 is 52.4 Å². The first kappa shape index (κ1) is 24.1. The molecule has 186 valence electrons. The van der Waals surface area contributed by atoms with Crippen LogP contribution in [-0.4, -0.2) is 20.2 Å². The predicted octanol–water partition coefficient (Wildman–Crippen LogP) is 7.32. The summed E-state index contributed by atoms with van der Waals surface area (Å²) >= 11 is 17.7. The number of carbonyl (C=O) groups is 2. The summed E-state index contributed by atoms with van der Waals surface area (Å²) in [5.41, 5.74) is 8.46. The molecule has 0 fully saturated rings. The zero-order valence-electron chi connectivity index (χ0n) is 19.6. The smallest absolute Gasteiger partial charge is 0.414 e. The fourth-order valence-corrected chi connectivity index (χ4v) is 5.53. The number of nitrogens with zero attached hydrogens (tertiary/aromatic N) is 2. The van der Waals surface area contributed by atoms with Gasteiger partial charge in [0.1, 0.15) is 6.61 Å². The average Bonchev–Trinajstić information content (AvgIpc) is 3.42. The Morgan fingerprint density at radius 1 is 0.811 bits per heavy atom. The second kappa shape index (κ2) is 9.25. The molecule has 1 aliphatic carbocycles. The Kier molecular flexibility index (Phi) is 6.03. The molecule has 6 rings (SSSR count). The maximum absolute atomic E-state index is 13.5. The minimum absolute atomic E-state index is 0.159. The van der Waals surface area contributed by atoms with E-state index in [2.05, 4.69) is 18.2 Å². The van der Waals surface area contributed by atoms with E-state index in [4.69, 9.17) is 39.5 Å². The first-order chi connectivity index (χ1) is 17.8. The van der Waals surface area contributed by atoms with Gasteiger partial charge < -0.3 is 9.30 Å². The first-order valence-electron chi connectivity index (χ1n) is 11.8. The molecule has 0 spiro atoms. The van der Waals surface area contributed by atoms with E-state index >= 15 is 0 Å². The maximum Gasteiger partial charge on any atom is 0.414 e. The standard InChI is InChI=1S/C29H21Cl3N2O3/c30-29(31,32)27(35)26-13-12-21-16-34(25-11-4-2-7-19(25)15-33(21)26)28(36)37-17-20-8-5-10-23-22-9-3-1-6-18(22)14-24(20)23/h1-13H,14-17H2. The van der Waals surface area contributed by atoms with E-state index in [9.17, 15) is 9.59 Å². The highest BCUT2D eigenvalue weighted by atomic mass is 35.6. The number of aromatic nitrogens is 1. The molecule has 0 N–H and O–H groups in total. The van der Waals surface area contributed by atoms with Gasteiger partial charge in [-0.05, 0) is 58.0 Å². The summed E-state index contributed by atoms with van der Waals surface area (Å²) in [6.45, 7) is 0.725. The quantitative estimate of drug-likeness (QED) is 0.174. The van der Waals surface area contributed by atoms with E-state index in [-0.39, 0.29) is 18.8 Å². The van der Waals surface area contributed by atoms with Crippen LogP contribution in [0.1, 0.15) is 38.4 Å². The van der Waals surface area contributed by atoms with Gasteiger partial charge in [0.15, 0.2) is 0 Å². The normalized spacial score (nSPS) is 13.8. The molecule has 0 bridgehead atoms. The van der Waals surface area contributed by atoms with Crippen molar-refractivity contribution in [2.24, 2.45) is 0 Å². The van der Waals surface area contributed by atoms with Gasteiger partial charge in [-0.15, -0.1) is 0 Å². The summed E-state index contributed by atoms with van der Waals surface area (Å²) in [6.07, 6.45) is 0.351. The van der Waals surface area contributed by atoms with Crippen LogP contribution in [0.5, 0.6) is 0 Å². The van der Waals surface area contributed by atoms with Gasteiger partial charge in [-0.1, -0.05) is 95.5 Å². The number of ether oxygens (including phenoxy) is 1. The third-order valence-electron chi connectivity index (χ3n) is 7.01. The van der Waals surface area contributed by atoms with Crippen LogP contribution in [0.3, 0.4) is 0 Å². The van der Waals surface area contributed by atoms with Gasteiger partial charge in [-0.2, -0.15) is 0 Å². The molecule has 0 saturated heterocycles. The van der Waals surface area contributed by atoms with Crippen LogP contribution in [0, 0.1) is 0 Å². The summed E-state index contributed by atoms with van der Waals surface area (Å²) in [5, 5.41) is 0. The van der Waals surface area contributed by atoms with Crippen LogP contribution in [0.25, 0.3) is 11.1 Å². The number of carbonyl (C=O) groups excluding carboxylic acids is 2. The molecule has 37 heavy (non-hydrogen) atoms. The Hall–Kier alpha value is -3.25. The SMILES string of the molecule is O=C(OCc1cccc2c1Cc1ccccc1-2)N1Cc2ccc(C(=O)C(Cl)(Cl)Cl)n2Cc2ccccc21. The summed E-state index contributed by atoms with van der Waals surface area (Å²) < 4.78 is 5.59. The molecule has 4 aromatic rings. The second-order valence-corrected chi connectivity index (χ2v) is 11.5. The lowest BCUT2D eigenvalue weighted by Crippen LogP contribution is -2.31. The molecule has 0 saturated carbocycles. The molecule has 0 radical (unpaired) electrons. The van der Waals surface area contributed by atoms with Crippen molar-refractivity contribution < 1.29 is 14.3 Å². The molecular weight excluding hydrogens is 531 g/mol. The van der Waals surface area contributed by atoms with E-state index in [1.165, 1.54) is 22.3 Å². The fourth-order valence-electron chi connectivity index (χ4n) is 5.24. The van der Waals surface area contributed by atoms with Gasteiger partial charge in [0, 0.05) is 5.69 Å². The monoisotopic (exact) mass is 550 g/mol. The average molecular weight is 552 g/mol. The fraction of sp³-hybridized carbons (Fsp3) is 0.172. The molecule has 5 nitrogen and oxygen atoms in total. The minimum Gasteiger partial charge on any atom is -0.444 e. The van der Waals surface area contributed by atoms with Gasteiger partial charge in [0.05, 0.1) is 24.5 Å². The predicted molar refractivity (Wildman–Crippen MR) is 146 cm³/mol. The molecule has 3 aromatic carbocycles. The summed E-state index contributed by atoms with van der Waals surface area (Å²) in [6, 6.07) is 25.4. The van der Waals surface area contributed by atoms with E-state index in [0.29, 0.717) is 12.2 Å². The lowest BCUT2D eigenvalue weighted by Gasteiger charge is -2.22. The van der Waals surface area contributed by atoms with Crippen LogP contribution < -0.4 is 4.90 Å². The number of fused-ring (bicyclic) bond motifs is 5. The highest BCUT2D eigenvalue weighted by molar-refractivity contribution is 6.77. The number of alkyl halides is 3. The van der Waals surface area contributed by atoms with Crippen molar-refractivity contribution in [1.82, 2.24) is 4.57 Å². The number of ketones is 1. The van der Waals surface area contributed by atoms with Crippen molar-refractivity contribution in [3.63, 3.8) is 0 Å². The maximum atomic E-state index is 13.5. The summed E-state index contributed by atoms with van der Waals surface area (Å²) in [4.78, 5) is 27.8.